The predicted molar refractivity (Wildman–Crippen MR) is 141 cm³/mol. The minimum Gasteiger partial charge on any atom is -0.351 e. The molecule has 1 aromatic heterocycles. The quantitative estimate of drug-likeness (QED) is 0.418. The van der Waals surface area contributed by atoms with Crippen LogP contribution in [0.2, 0.25) is 0 Å². The second kappa shape index (κ2) is 11.8. The van der Waals surface area contributed by atoms with Gasteiger partial charge in [0.15, 0.2) is 5.78 Å². The number of amides is 2. The normalized spacial score (nSPS) is 14.6. The van der Waals surface area contributed by atoms with Crippen LogP contribution in [0.3, 0.4) is 0 Å². The van der Waals surface area contributed by atoms with E-state index in [-0.39, 0.29) is 29.3 Å². The van der Waals surface area contributed by atoms with Gasteiger partial charge in [-0.2, -0.15) is 0 Å². The van der Waals surface area contributed by atoms with Gasteiger partial charge in [0, 0.05) is 23.5 Å². The van der Waals surface area contributed by atoms with Crippen molar-refractivity contribution in [3.8, 4) is 0 Å². The third kappa shape index (κ3) is 5.88. The van der Waals surface area contributed by atoms with E-state index in [2.05, 4.69) is 17.2 Å². The van der Waals surface area contributed by atoms with Crippen LogP contribution in [0, 0.1) is 0 Å². The molecule has 1 unspecified atom stereocenters. The fraction of sp³-hybridized carbons (Fsp3) is 0.333. The van der Waals surface area contributed by atoms with Crippen molar-refractivity contribution in [2.24, 2.45) is 0 Å². The third-order valence-corrected chi connectivity index (χ3v) is 6.82. The van der Waals surface area contributed by atoms with Gasteiger partial charge in [0.05, 0.1) is 0 Å². The number of anilines is 1. The highest BCUT2D eigenvalue weighted by molar-refractivity contribution is 6.09. The molecule has 6 nitrogen and oxygen atoms in total. The summed E-state index contributed by atoms with van der Waals surface area (Å²) >= 11 is 0. The molecule has 1 aliphatic carbocycles. The molecule has 1 heterocycles. The second-order valence-electron chi connectivity index (χ2n) is 9.33. The fourth-order valence-electron chi connectivity index (χ4n) is 4.73. The molecule has 1 N–H and O–H groups in total. The van der Waals surface area contributed by atoms with Crippen LogP contribution in [0.4, 0.5) is 5.69 Å². The van der Waals surface area contributed by atoms with Gasteiger partial charge in [-0.1, -0.05) is 56.5 Å². The Kier molecular flexibility index (Phi) is 8.26. The third-order valence-electron chi connectivity index (χ3n) is 6.82. The molecule has 1 saturated carbocycles. The highest BCUT2D eigenvalue weighted by atomic mass is 16.2. The molecule has 0 aliphatic heterocycles. The average molecular weight is 484 g/mol. The summed E-state index contributed by atoms with van der Waals surface area (Å²) in [6.45, 7) is 3.58. The Bertz CT molecular complexity index is 1180. The number of aromatic nitrogens is 1. The molecular formula is C30H33N3O3. The summed E-state index contributed by atoms with van der Waals surface area (Å²) in [5.74, 6) is -0.661. The molecule has 4 rings (SSSR count). The zero-order chi connectivity index (χ0) is 25.5. The Morgan fingerprint density at radius 2 is 1.64 bits per heavy atom. The van der Waals surface area contributed by atoms with Crippen LogP contribution in [0.25, 0.3) is 0 Å². The van der Waals surface area contributed by atoms with Gasteiger partial charge in [0.25, 0.3) is 5.91 Å². The lowest BCUT2D eigenvalue weighted by Gasteiger charge is -2.33. The van der Waals surface area contributed by atoms with Gasteiger partial charge in [0.2, 0.25) is 5.91 Å². The first-order valence-corrected chi connectivity index (χ1v) is 12.7. The van der Waals surface area contributed by atoms with Gasteiger partial charge in [-0.15, -0.1) is 0 Å². The van der Waals surface area contributed by atoms with Gasteiger partial charge in [-0.3, -0.25) is 24.3 Å². The molecule has 1 atom stereocenters. The van der Waals surface area contributed by atoms with Crippen molar-refractivity contribution >= 4 is 23.3 Å². The Balaban J connectivity index is 1.80. The minimum atomic E-state index is -0.893. The van der Waals surface area contributed by atoms with E-state index >= 15 is 0 Å². The maximum absolute atomic E-state index is 13.9. The number of nitrogens with zero attached hydrogens (tertiary/aromatic N) is 2. The fourth-order valence-corrected chi connectivity index (χ4v) is 4.73. The number of hydrogen-bond acceptors (Lipinski definition) is 4. The highest BCUT2D eigenvalue weighted by Gasteiger charge is 2.35. The SMILES string of the molecule is CCc1ccc(C(C(=O)NC2CCCCC2)N(C(=O)c2ccccn2)c2ccc(C(C)=O)cc2)cc1. The second-order valence-corrected chi connectivity index (χ2v) is 9.33. The zero-order valence-corrected chi connectivity index (χ0v) is 20.9. The lowest BCUT2D eigenvalue weighted by Crippen LogP contribution is -2.47. The Morgan fingerprint density at radius 1 is 0.944 bits per heavy atom. The number of rotatable bonds is 8. The van der Waals surface area contributed by atoms with Crippen molar-refractivity contribution in [3.05, 3.63) is 95.3 Å². The van der Waals surface area contributed by atoms with Crippen LogP contribution >= 0.6 is 0 Å². The Labute approximate surface area is 212 Å². The molecule has 3 aromatic rings. The van der Waals surface area contributed by atoms with Gasteiger partial charge < -0.3 is 5.32 Å². The molecule has 186 valence electrons. The topological polar surface area (TPSA) is 79.4 Å². The standard InChI is InChI=1S/C30H33N3O3/c1-3-22-12-14-24(15-13-22)28(29(35)32-25-9-5-4-6-10-25)33(30(36)27-11-7-8-20-31-27)26-18-16-23(17-19-26)21(2)34/h7-8,11-20,25,28H,3-6,9-10H2,1-2H3,(H,32,35). The van der Waals surface area contributed by atoms with Gasteiger partial charge in [-0.05, 0) is 73.7 Å². The molecule has 2 amide bonds. The molecule has 1 aliphatic rings. The lowest BCUT2D eigenvalue weighted by molar-refractivity contribution is -0.123. The number of pyridine rings is 1. The summed E-state index contributed by atoms with van der Waals surface area (Å²) in [6, 6.07) is 19.0. The molecule has 0 radical (unpaired) electrons. The monoisotopic (exact) mass is 483 g/mol. The molecule has 0 saturated heterocycles. The molecule has 6 heteroatoms. The van der Waals surface area contributed by atoms with Gasteiger partial charge in [0.1, 0.15) is 11.7 Å². The molecule has 36 heavy (non-hydrogen) atoms. The van der Waals surface area contributed by atoms with Crippen LogP contribution in [-0.2, 0) is 11.2 Å². The van der Waals surface area contributed by atoms with Crippen LogP contribution in [0.1, 0.15) is 84.0 Å². The summed E-state index contributed by atoms with van der Waals surface area (Å²) in [5.41, 5.74) is 3.19. The van der Waals surface area contributed by atoms with Gasteiger partial charge >= 0.3 is 0 Å². The molecular weight excluding hydrogens is 450 g/mol. The van der Waals surface area contributed by atoms with Gasteiger partial charge in [-0.25, -0.2) is 0 Å². The average Bonchev–Trinajstić information content (AvgIpc) is 2.92. The van der Waals surface area contributed by atoms with Crippen molar-refractivity contribution < 1.29 is 14.4 Å². The lowest BCUT2D eigenvalue weighted by atomic mass is 9.94. The minimum absolute atomic E-state index is 0.0640. The first kappa shape index (κ1) is 25.3. The van der Waals surface area contributed by atoms with Crippen LogP contribution in [0.5, 0.6) is 0 Å². The molecule has 1 fully saturated rings. The Morgan fingerprint density at radius 3 is 2.22 bits per heavy atom. The summed E-state index contributed by atoms with van der Waals surface area (Å²) in [4.78, 5) is 45.5. The van der Waals surface area contributed by atoms with Crippen molar-refractivity contribution in [1.29, 1.82) is 0 Å². The first-order valence-electron chi connectivity index (χ1n) is 12.7. The largest absolute Gasteiger partial charge is 0.351 e. The van der Waals surface area contributed by atoms with Crippen LogP contribution < -0.4 is 10.2 Å². The van der Waals surface area contributed by atoms with E-state index in [1.807, 2.05) is 24.3 Å². The van der Waals surface area contributed by atoms with E-state index in [1.165, 1.54) is 18.2 Å². The summed E-state index contributed by atoms with van der Waals surface area (Å²) < 4.78 is 0. The van der Waals surface area contributed by atoms with Crippen molar-refractivity contribution in [1.82, 2.24) is 10.3 Å². The number of carbonyl (C=O) groups is 3. The number of hydrogen-bond donors (Lipinski definition) is 1. The maximum Gasteiger partial charge on any atom is 0.277 e. The summed E-state index contributed by atoms with van der Waals surface area (Å²) in [7, 11) is 0. The highest BCUT2D eigenvalue weighted by Crippen LogP contribution is 2.31. The van der Waals surface area contributed by atoms with E-state index in [0.29, 0.717) is 11.3 Å². The number of Topliss-reactive ketones (excluding diaryl/α,β-unsaturated/α-hetero) is 1. The first-order chi connectivity index (χ1) is 17.5. The van der Waals surface area contributed by atoms with E-state index in [9.17, 15) is 14.4 Å². The molecule has 0 bridgehead atoms. The summed E-state index contributed by atoms with van der Waals surface area (Å²) in [6.07, 6.45) is 7.68. The summed E-state index contributed by atoms with van der Waals surface area (Å²) in [5, 5.41) is 3.22. The predicted octanol–water partition coefficient (Wildman–Crippen LogP) is 5.68. The number of benzene rings is 2. The number of carbonyl (C=O) groups excluding carboxylic acids is 3. The van der Waals surface area contributed by atoms with Crippen molar-refractivity contribution in [2.75, 3.05) is 4.90 Å². The van der Waals surface area contributed by atoms with Crippen LogP contribution in [-0.4, -0.2) is 28.6 Å². The maximum atomic E-state index is 13.9. The molecule has 2 aromatic carbocycles. The van der Waals surface area contributed by atoms with Crippen molar-refractivity contribution in [2.45, 2.75) is 64.5 Å². The van der Waals surface area contributed by atoms with E-state index in [0.717, 1.165) is 43.2 Å². The van der Waals surface area contributed by atoms with E-state index in [1.54, 1.807) is 48.7 Å². The van der Waals surface area contributed by atoms with E-state index in [4.69, 9.17) is 0 Å². The van der Waals surface area contributed by atoms with Crippen molar-refractivity contribution in [3.63, 3.8) is 0 Å². The smallest absolute Gasteiger partial charge is 0.277 e. The van der Waals surface area contributed by atoms with Crippen LogP contribution in [0.15, 0.2) is 72.9 Å². The Hall–Kier alpha value is -3.80. The van der Waals surface area contributed by atoms with E-state index < -0.39 is 6.04 Å². The number of aryl methyl sites for hydroxylation is 1. The zero-order valence-electron chi connectivity index (χ0n) is 20.9. The number of nitrogens with one attached hydrogen (secondary N) is 1. The number of ketones is 1. The molecule has 0 spiro atoms.